The van der Waals surface area contributed by atoms with Crippen LogP contribution in [-0.4, -0.2) is 45.0 Å². The molecule has 1 aliphatic carbocycles. The lowest BCUT2D eigenvalue weighted by Gasteiger charge is -2.25. The van der Waals surface area contributed by atoms with Crippen molar-refractivity contribution in [3.8, 4) is 11.5 Å². The van der Waals surface area contributed by atoms with Gasteiger partial charge >= 0.3 is 0 Å². The zero-order valence-electron chi connectivity index (χ0n) is 14.2. The lowest BCUT2D eigenvalue weighted by atomic mass is 10.2. The van der Waals surface area contributed by atoms with Gasteiger partial charge in [0, 0.05) is 13.0 Å². The average molecular weight is 374 g/mol. The highest BCUT2D eigenvalue weighted by molar-refractivity contribution is 7.99. The molecule has 2 amide bonds. The fourth-order valence-electron chi connectivity index (χ4n) is 2.68. The minimum atomic E-state index is -0.852. The summed E-state index contributed by atoms with van der Waals surface area (Å²) in [5.74, 6) is 1.69. The van der Waals surface area contributed by atoms with Crippen LogP contribution in [-0.2, 0) is 16.6 Å². The molecule has 0 bridgehead atoms. The number of para-hydroxylation sites is 2. The normalized spacial score (nSPS) is 18.4. The zero-order valence-corrected chi connectivity index (χ0v) is 15.0. The van der Waals surface area contributed by atoms with Crippen molar-refractivity contribution >= 4 is 23.6 Å². The van der Waals surface area contributed by atoms with E-state index in [0.717, 1.165) is 18.7 Å². The molecule has 0 unspecified atom stereocenters. The first-order valence-electron chi connectivity index (χ1n) is 8.36. The molecule has 8 nitrogen and oxygen atoms in total. The summed E-state index contributed by atoms with van der Waals surface area (Å²) in [5.41, 5.74) is 0. The van der Waals surface area contributed by atoms with Crippen molar-refractivity contribution in [3.63, 3.8) is 0 Å². The Balaban J connectivity index is 1.29. The number of carbonyl (C=O) groups excluding carboxylic acids is 2. The van der Waals surface area contributed by atoms with Gasteiger partial charge in [0.15, 0.2) is 16.7 Å². The Morgan fingerprint density at radius 3 is 2.81 bits per heavy atom. The van der Waals surface area contributed by atoms with Gasteiger partial charge in [0.2, 0.25) is 12.0 Å². The molecule has 0 spiro atoms. The SMILES string of the molecule is Cn1c(SCC(=O)NC(=O)[C@H]2COc3ccccc3O2)nnc1C1CC1. The standard InChI is InChI=1S/C17H18N4O4S/c1-21-15(10-6-7-10)19-20-17(21)26-9-14(22)18-16(23)13-8-24-11-4-2-3-5-12(11)25-13/h2-5,10,13H,6-9H2,1H3,(H,18,22,23)/t13-/m1/s1. The van der Waals surface area contributed by atoms with Crippen molar-refractivity contribution in [2.45, 2.75) is 30.0 Å². The van der Waals surface area contributed by atoms with E-state index >= 15 is 0 Å². The summed E-state index contributed by atoms with van der Waals surface area (Å²) in [6.45, 7) is 0.0668. The molecular formula is C17H18N4O4S. The largest absolute Gasteiger partial charge is 0.485 e. The maximum absolute atomic E-state index is 12.2. The molecule has 1 N–H and O–H groups in total. The van der Waals surface area contributed by atoms with Gasteiger partial charge in [-0.15, -0.1) is 10.2 Å². The summed E-state index contributed by atoms with van der Waals surface area (Å²) in [6.07, 6.45) is 1.42. The number of amides is 2. The molecule has 4 rings (SSSR count). The molecule has 0 saturated heterocycles. The van der Waals surface area contributed by atoms with Gasteiger partial charge in [-0.25, -0.2) is 0 Å². The van der Waals surface area contributed by atoms with Crippen LogP contribution in [0.25, 0.3) is 0 Å². The maximum Gasteiger partial charge on any atom is 0.271 e. The van der Waals surface area contributed by atoms with Gasteiger partial charge < -0.3 is 14.0 Å². The third kappa shape index (κ3) is 3.52. The Labute approximate surface area is 154 Å². The average Bonchev–Trinajstić information content (AvgIpc) is 3.43. The van der Waals surface area contributed by atoms with Gasteiger partial charge in [0.1, 0.15) is 12.4 Å². The second-order valence-electron chi connectivity index (χ2n) is 6.24. The summed E-state index contributed by atoms with van der Waals surface area (Å²) in [5, 5.41) is 11.3. The number of hydrogen-bond donors (Lipinski definition) is 1. The Hall–Kier alpha value is -2.55. The van der Waals surface area contributed by atoms with Gasteiger partial charge in [-0.05, 0) is 25.0 Å². The summed E-state index contributed by atoms with van der Waals surface area (Å²) in [6, 6.07) is 7.10. The van der Waals surface area contributed by atoms with Crippen molar-refractivity contribution in [1.29, 1.82) is 0 Å². The van der Waals surface area contributed by atoms with E-state index in [0.29, 0.717) is 22.6 Å². The van der Waals surface area contributed by atoms with E-state index in [4.69, 9.17) is 9.47 Å². The smallest absolute Gasteiger partial charge is 0.271 e. The fourth-order valence-corrected chi connectivity index (χ4v) is 3.40. The molecule has 9 heteroatoms. The Kier molecular flexibility index (Phi) is 4.54. The van der Waals surface area contributed by atoms with Crippen LogP contribution in [0.3, 0.4) is 0 Å². The van der Waals surface area contributed by atoms with Crippen molar-refractivity contribution in [2.24, 2.45) is 7.05 Å². The quantitative estimate of drug-likeness (QED) is 0.788. The lowest BCUT2D eigenvalue weighted by Crippen LogP contribution is -2.46. The molecule has 1 aromatic heterocycles. The van der Waals surface area contributed by atoms with E-state index < -0.39 is 17.9 Å². The summed E-state index contributed by atoms with van der Waals surface area (Å²) >= 11 is 1.25. The topological polar surface area (TPSA) is 95.3 Å². The van der Waals surface area contributed by atoms with E-state index in [1.165, 1.54) is 11.8 Å². The molecule has 2 heterocycles. The predicted molar refractivity (Wildman–Crippen MR) is 93.2 cm³/mol. The van der Waals surface area contributed by atoms with Gasteiger partial charge in [0.25, 0.3) is 5.91 Å². The number of fused-ring (bicyclic) bond motifs is 1. The van der Waals surface area contributed by atoms with Gasteiger partial charge in [-0.2, -0.15) is 0 Å². The monoisotopic (exact) mass is 374 g/mol. The first-order valence-corrected chi connectivity index (χ1v) is 9.34. The van der Waals surface area contributed by atoms with Crippen LogP contribution < -0.4 is 14.8 Å². The minimum absolute atomic E-state index is 0.0668. The van der Waals surface area contributed by atoms with Crippen LogP contribution in [0.5, 0.6) is 11.5 Å². The highest BCUT2D eigenvalue weighted by Crippen LogP contribution is 2.39. The van der Waals surface area contributed by atoms with E-state index in [9.17, 15) is 9.59 Å². The summed E-state index contributed by atoms with van der Waals surface area (Å²) in [4.78, 5) is 24.3. The van der Waals surface area contributed by atoms with Crippen molar-refractivity contribution in [2.75, 3.05) is 12.4 Å². The molecule has 1 saturated carbocycles. The van der Waals surface area contributed by atoms with Crippen LogP contribution in [0, 0.1) is 0 Å². The second kappa shape index (κ2) is 6.99. The molecule has 1 fully saturated rings. The number of rotatable bonds is 5. The highest BCUT2D eigenvalue weighted by atomic mass is 32.2. The zero-order chi connectivity index (χ0) is 18.1. The number of imide groups is 1. The Bertz CT molecular complexity index is 849. The summed E-state index contributed by atoms with van der Waals surface area (Å²) < 4.78 is 13.0. The van der Waals surface area contributed by atoms with E-state index in [2.05, 4.69) is 15.5 Å². The van der Waals surface area contributed by atoms with Crippen molar-refractivity contribution in [1.82, 2.24) is 20.1 Å². The van der Waals surface area contributed by atoms with Gasteiger partial charge in [-0.1, -0.05) is 23.9 Å². The van der Waals surface area contributed by atoms with Crippen molar-refractivity contribution in [3.05, 3.63) is 30.1 Å². The van der Waals surface area contributed by atoms with Gasteiger partial charge in [0.05, 0.1) is 5.75 Å². The molecule has 2 aliphatic rings. The molecule has 1 atom stereocenters. The van der Waals surface area contributed by atoms with Crippen molar-refractivity contribution < 1.29 is 19.1 Å². The lowest BCUT2D eigenvalue weighted by molar-refractivity contribution is -0.135. The van der Waals surface area contributed by atoms with Crippen LogP contribution in [0.1, 0.15) is 24.6 Å². The number of nitrogens with zero attached hydrogens (tertiary/aromatic N) is 3. The van der Waals surface area contributed by atoms with Gasteiger partial charge in [-0.3, -0.25) is 14.9 Å². The number of benzene rings is 1. The highest BCUT2D eigenvalue weighted by Gasteiger charge is 2.30. The molecule has 26 heavy (non-hydrogen) atoms. The fraction of sp³-hybridized carbons (Fsp3) is 0.412. The molecule has 2 aromatic rings. The number of carbonyl (C=O) groups is 2. The number of nitrogens with one attached hydrogen (secondary N) is 1. The molecule has 1 aromatic carbocycles. The second-order valence-corrected chi connectivity index (χ2v) is 7.18. The number of ether oxygens (including phenoxy) is 2. The van der Waals surface area contributed by atoms with Crippen LogP contribution >= 0.6 is 11.8 Å². The van der Waals surface area contributed by atoms with E-state index in [-0.39, 0.29) is 12.4 Å². The summed E-state index contributed by atoms with van der Waals surface area (Å²) in [7, 11) is 1.89. The number of hydrogen-bond acceptors (Lipinski definition) is 7. The first-order chi connectivity index (χ1) is 12.6. The number of aromatic nitrogens is 3. The van der Waals surface area contributed by atoms with Crippen LogP contribution in [0.4, 0.5) is 0 Å². The first kappa shape index (κ1) is 16.9. The molecule has 1 aliphatic heterocycles. The predicted octanol–water partition coefficient (Wildman–Crippen LogP) is 1.27. The Morgan fingerprint density at radius 1 is 1.27 bits per heavy atom. The molecular weight excluding hydrogens is 356 g/mol. The third-order valence-corrected chi connectivity index (χ3v) is 5.23. The van der Waals surface area contributed by atoms with Crippen LogP contribution in [0.15, 0.2) is 29.4 Å². The number of thioether (sulfide) groups is 1. The van der Waals surface area contributed by atoms with E-state index in [1.54, 1.807) is 18.2 Å². The van der Waals surface area contributed by atoms with E-state index in [1.807, 2.05) is 17.7 Å². The maximum atomic E-state index is 12.2. The Morgan fingerprint density at radius 2 is 2.04 bits per heavy atom. The molecule has 0 radical (unpaired) electrons. The third-order valence-electron chi connectivity index (χ3n) is 4.21. The minimum Gasteiger partial charge on any atom is -0.485 e. The van der Waals surface area contributed by atoms with Crippen LogP contribution in [0.2, 0.25) is 0 Å². The molecule has 136 valence electrons.